The number of rotatable bonds is 7. The monoisotopic (exact) mass is 459 g/mol. The van der Waals surface area contributed by atoms with E-state index >= 15 is 0 Å². The molecule has 0 aliphatic carbocycles. The first kappa shape index (κ1) is 23.5. The summed E-state index contributed by atoms with van der Waals surface area (Å²) in [6.45, 7) is -2.56. The molecule has 1 aromatic heterocycles. The van der Waals surface area contributed by atoms with Crippen molar-refractivity contribution in [1.82, 2.24) is 4.98 Å². The number of halogens is 7. The van der Waals surface area contributed by atoms with Crippen molar-refractivity contribution < 1.29 is 40.6 Å². The maximum atomic E-state index is 15.0. The summed E-state index contributed by atoms with van der Waals surface area (Å²) in [6.07, 6.45) is -3.36. The highest BCUT2D eigenvalue weighted by Crippen LogP contribution is 2.42. The summed E-state index contributed by atoms with van der Waals surface area (Å²) in [4.78, 5) is 3.72. The molecule has 1 heterocycles. The van der Waals surface area contributed by atoms with Gasteiger partial charge in [-0.2, -0.15) is 22.0 Å². The van der Waals surface area contributed by atoms with Crippen molar-refractivity contribution in [2.75, 3.05) is 13.2 Å². The van der Waals surface area contributed by atoms with Gasteiger partial charge in [-0.25, -0.2) is 8.78 Å². The van der Waals surface area contributed by atoms with Gasteiger partial charge in [0.2, 0.25) is 0 Å². The summed E-state index contributed by atoms with van der Waals surface area (Å²) in [7, 11) is 0. The molecule has 0 saturated heterocycles. The molecule has 170 valence electrons. The molecule has 0 saturated carbocycles. The zero-order valence-electron chi connectivity index (χ0n) is 16.2. The van der Waals surface area contributed by atoms with Crippen molar-refractivity contribution >= 4 is 0 Å². The van der Waals surface area contributed by atoms with Gasteiger partial charge in [0.1, 0.15) is 23.1 Å². The number of hydrogen-bond acceptors (Lipinski definition) is 3. The lowest BCUT2D eigenvalue weighted by molar-refractivity contribution is -0.153. The van der Waals surface area contributed by atoms with E-state index in [1.165, 1.54) is 30.3 Å². The van der Waals surface area contributed by atoms with E-state index in [1.807, 2.05) is 0 Å². The zero-order valence-corrected chi connectivity index (χ0v) is 16.2. The normalized spacial score (nSPS) is 13.1. The maximum Gasteiger partial charge on any atom is 0.422 e. The van der Waals surface area contributed by atoms with E-state index in [9.17, 15) is 35.8 Å². The Morgan fingerprint density at radius 2 is 1.53 bits per heavy atom. The average Bonchev–Trinajstić information content (AvgIpc) is 2.74. The Morgan fingerprint density at radius 1 is 0.875 bits per heavy atom. The van der Waals surface area contributed by atoms with Crippen LogP contribution < -0.4 is 4.74 Å². The SMILES string of the molecule is OCC(c1ccc(F)cc1F)C(F)(F)c1ccc(-c2ccc(OCC(F)(F)F)cc2)cn1. The number of benzene rings is 2. The van der Waals surface area contributed by atoms with Crippen molar-refractivity contribution in [2.24, 2.45) is 0 Å². The minimum Gasteiger partial charge on any atom is -0.484 e. The predicted molar refractivity (Wildman–Crippen MR) is 101 cm³/mol. The fourth-order valence-corrected chi connectivity index (χ4v) is 3.04. The molecule has 2 aromatic carbocycles. The highest BCUT2D eigenvalue weighted by molar-refractivity contribution is 5.63. The molecule has 3 aromatic rings. The smallest absolute Gasteiger partial charge is 0.422 e. The number of aliphatic hydroxyl groups is 1. The van der Waals surface area contributed by atoms with Gasteiger partial charge in [-0.3, -0.25) is 4.98 Å². The number of pyridine rings is 1. The number of aliphatic hydroxyl groups excluding tert-OH is 1. The number of alkyl halides is 5. The number of ether oxygens (including phenoxy) is 1. The van der Waals surface area contributed by atoms with Crippen molar-refractivity contribution in [1.29, 1.82) is 0 Å². The van der Waals surface area contributed by atoms with E-state index in [1.54, 1.807) is 0 Å². The second kappa shape index (κ2) is 9.15. The van der Waals surface area contributed by atoms with Crippen LogP contribution in [0.25, 0.3) is 11.1 Å². The molecular formula is C22H16F7NO2. The Hall–Kier alpha value is -3.14. The molecule has 1 N–H and O–H groups in total. The van der Waals surface area contributed by atoms with Gasteiger partial charge in [0.05, 0.1) is 12.5 Å². The van der Waals surface area contributed by atoms with Crippen molar-refractivity contribution in [3.63, 3.8) is 0 Å². The van der Waals surface area contributed by atoms with Gasteiger partial charge in [-0.05, 0) is 35.4 Å². The molecule has 10 heteroatoms. The first-order chi connectivity index (χ1) is 15.0. The number of aromatic nitrogens is 1. The summed E-state index contributed by atoms with van der Waals surface area (Å²) in [5, 5.41) is 9.47. The second-order valence-electron chi connectivity index (χ2n) is 6.88. The molecule has 0 fully saturated rings. The predicted octanol–water partition coefficient (Wildman–Crippen LogP) is 5.84. The molecule has 0 bridgehead atoms. The Balaban J connectivity index is 1.80. The summed E-state index contributed by atoms with van der Waals surface area (Å²) in [5.41, 5.74) is -0.427. The van der Waals surface area contributed by atoms with Gasteiger partial charge in [0.15, 0.2) is 6.61 Å². The molecule has 32 heavy (non-hydrogen) atoms. The lowest BCUT2D eigenvalue weighted by Gasteiger charge is -2.25. The fraction of sp³-hybridized carbons (Fsp3) is 0.227. The summed E-state index contributed by atoms with van der Waals surface area (Å²) < 4.78 is 98.2. The Kier molecular flexibility index (Phi) is 6.73. The van der Waals surface area contributed by atoms with Gasteiger partial charge in [-0.15, -0.1) is 0 Å². The lowest BCUT2D eigenvalue weighted by atomic mass is 9.90. The van der Waals surface area contributed by atoms with Crippen molar-refractivity contribution in [3.05, 3.63) is 83.7 Å². The Morgan fingerprint density at radius 3 is 2.06 bits per heavy atom. The van der Waals surface area contributed by atoms with Crippen LogP contribution in [0.3, 0.4) is 0 Å². The molecule has 0 aliphatic rings. The average molecular weight is 459 g/mol. The van der Waals surface area contributed by atoms with Crippen LogP contribution in [0.2, 0.25) is 0 Å². The molecule has 0 amide bonds. The van der Waals surface area contributed by atoms with E-state index in [-0.39, 0.29) is 5.75 Å². The molecule has 0 radical (unpaired) electrons. The van der Waals surface area contributed by atoms with Crippen molar-refractivity contribution in [3.8, 4) is 16.9 Å². The fourth-order valence-electron chi connectivity index (χ4n) is 3.04. The molecule has 1 atom stereocenters. The first-order valence-electron chi connectivity index (χ1n) is 9.21. The second-order valence-corrected chi connectivity index (χ2v) is 6.88. The van der Waals surface area contributed by atoms with Crippen LogP contribution in [0.4, 0.5) is 30.7 Å². The Labute approximate surface area is 178 Å². The molecule has 0 aliphatic heterocycles. The molecule has 0 spiro atoms. The third kappa shape index (κ3) is 5.37. The summed E-state index contributed by atoms with van der Waals surface area (Å²) >= 11 is 0. The van der Waals surface area contributed by atoms with Crippen LogP contribution in [0.15, 0.2) is 60.8 Å². The number of nitrogens with zero attached hydrogens (tertiary/aromatic N) is 1. The van der Waals surface area contributed by atoms with Gasteiger partial charge in [0, 0.05) is 17.8 Å². The highest BCUT2D eigenvalue weighted by atomic mass is 19.4. The van der Waals surface area contributed by atoms with Crippen LogP contribution in [0, 0.1) is 11.6 Å². The van der Waals surface area contributed by atoms with E-state index in [2.05, 4.69) is 9.72 Å². The minimum absolute atomic E-state index is 0.0192. The third-order valence-electron chi connectivity index (χ3n) is 4.65. The quantitative estimate of drug-likeness (QED) is 0.452. The van der Waals surface area contributed by atoms with Gasteiger partial charge >= 0.3 is 6.18 Å². The standard InChI is InChI=1S/C22H16F7NO2/c23-15-4-7-17(19(24)9-15)18(11-31)22(28,29)20-8-3-14(10-30-20)13-1-5-16(6-2-13)32-12-21(25,26)27/h1-10,18,31H,11-12H2. The van der Waals surface area contributed by atoms with E-state index in [4.69, 9.17) is 0 Å². The topological polar surface area (TPSA) is 42.4 Å². The van der Waals surface area contributed by atoms with Gasteiger partial charge in [-0.1, -0.05) is 24.3 Å². The number of hydrogen-bond donors (Lipinski definition) is 1. The summed E-state index contributed by atoms with van der Waals surface area (Å²) in [5.74, 6) is -7.95. The van der Waals surface area contributed by atoms with E-state index in [0.717, 1.165) is 24.4 Å². The van der Waals surface area contributed by atoms with Gasteiger partial charge in [0.25, 0.3) is 5.92 Å². The largest absolute Gasteiger partial charge is 0.484 e. The third-order valence-corrected chi connectivity index (χ3v) is 4.65. The van der Waals surface area contributed by atoms with E-state index in [0.29, 0.717) is 17.2 Å². The van der Waals surface area contributed by atoms with Crippen molar-refractivity contribution in [2.45, 2.75) is 18.0 Å². The van der Waals surface area contributed by atoms with E-state index < -0.39 is 54.1 Å². The highest BCUT2D eigenvalue weighted by Gasteiger charge is 2.44. The van der Waals surface area contributed by atoms with Gasteiger partial charge < -0.3 is 9.84 Å². The minimum atomic E-state index is -4.48. The lowest BCUT2D eigenvalue weighted by Crippen LogP contribution is -2.28. The molecule has 3 rings (SSSR count). The molecule has 1 unspecified atom stereocenters. The van der Waals surface area contributed by atoms with Crippen LogP contribution >= 0.6 is 0 Å². The maximum absolute atomic E-state index is 15.0. The molecular weight excluding hydrogens is 443 g/mol. The summed E-state index contributed by atoms with van der Waals surface area (Å²) in [6, 6.07) is 9.87. The van der Waals surface area contributed by atoms with Crippen LogP contribution in [0.1, 0.15) is 17.2 Å². The first-order valence-corrected chi connectivity index (χ1v) is 9.21. The van der Waals surface area contributed by atoms with Crippen LogP contribution in [-0.4, -0.2) is 29.5 Å². The zero-order chi connectivity index (χ0) is 23.5. The van der Waals surface area contributed by atoms with Crippen LogP contribution in [-0.2, 0) is 5.92 Å². The Bertz CT molecular complexity index is 1050. The van der Waals surface area contributed by atoms with Crippen LogP contribution in [0.5, 0.6) is 5.75 Å². The molecule has 3 nitrogen and oxygen atoms in total.